The van der Waals surface area contributed by atoms with Crippen molar-refractivity contribution in [3.8, 4) is 0 Å². The van der Waals surface area contributed by atoms with Gasteiger partial charge in [-0.3, -0.25) is 10.1 Å². The van der Waals surface area contributed by atoms with Crippen LogP contribution in [0.25, 0.3) is 0 Å². The van der Waals surface area contributed by atoms with Gasteiger partial charge < -0.3 is 18.8 Å². The summed E-state index contributed by atoms with van der Waals surface area (Å²) in [6.07, 6.45) is 0. The molecule has 1 atom stereocenters. The molecular weight excluding hydrogens is 276 g/mol. The molecule has 0 saturated carbocycles. The van der Waals surface area contributed by atoms with E-state index in [2.05, 4.69) is 10.1 Å². The first kappa shape index (κ1) is 15.5. The summed E-state index contributed by atoms with van der Waals surface area (Å²) in [7, 11) is 1.30. The molecule has 1 amide bonds. The predicted octanol–water partition coefficient (Wildman–Crippen LogP) is 0.403. The van der Waals surface area contributed by atoms with Gasteiger partial charge >= 0.3 is 5.97 Å². The molecule has 0 aromatic carbocycles. The molecule has 0 bridgehead atoms. The molecule has 0 aliphatic carbocycles. The van der Waals surface area contributed by atoms with Gasteiger partial charge in [-0.1, -0.05) is 0 Å². The lowest BCUT2D eigenvalue weighted by molar-refractivity contribution is -0.137. The number of carbonyl (C=O) groups excluding carboxylic acids is 2. The van der Waals surface area contributed by atoms with Gasteiger partial charge in [0, 0.05) is 13.1 Å². The number of ether oxygens (including phenoxy) is 2. The van der Waals surface area contributed by atoms with Crippen LogP contribution in [0.1, 0.15) is 23.2 Å². The van der Waals surface area contributed by atoms with Gasteiger partial charge in [0.1, 0.15) is 5.76 Å². The Kier molecular flexibility index (Phi) is 5.35. The van der Waals surface area contributed by atoms with Gasteiger partial charge in [0.2, 0.25) is 11.7 Å². The van der Waals surface area contributed by atoms with Crippen LogP contribution in [0.5, 0.6) is 0 Å². The summed E-state index contributed by atoms with van der Waals surface area (Å²) in [6.45, 7) is 4.59. The summed E-state index contributed by atoms with van der Waals surface area (Å²) in [5.41, 5.74) is 0. The quantitative estimate of drug-likeness (QED) is 0.792. The number of rotatable bonds is 5. The van der Waals surface area contributed by atoms with Crippen LogP contribution in [-0.4, -0.2) is 56.2 Å². The summed E-state index contributed by atoms with van der Waals surface area (Å²) in [4.78, 5) is 25.2. The summed E-state index contributed by atoms with van der Waals surface area (Å²) in [5, 5.41) is 3.09. The van der Waals surface area contributed by atoms with Crippen LogP contribution >= 0.6 is 0 Å². The smallest absolute Gasteiger partial charge is 0.373 e. The van der Waals surface area contributed by atoms with Crippen molar-refractivity contribution in [1.29, 1.82) is 0 Å². The number of hydrogen-bond acceptors (Lipinski definition) is 6. The van der Waals surface area contributed by atoms with Crippen LogP contribution in [0.15, 0.2) is 16.5 Å². The number of carbonyl (C=O) groups is 2. The molecule has 0 spiro atoms. The topological polar surface area (TPSA) is 81.0 Å². The van der Waals surface area contributed by atoms with E-state index in [0.717, 1.165) is 0 Å². The van der Waals surface area contributed by atoms with E-state index >= 15 is 0 Å². The van der Waals surface area contributed by atoms with E-state index in [-0.39, 0.29) is 17.7 Å². The lowest BCUT2D eigenvalue weighted by Crippen LogP contribution is -2.49. The first-order valence-corrected chi connectivity index (χ1v) is 6.88. The first-order chi connectivity index (χ1) is 10.1. The summed E-state index contributed by atoms with van der Waals surface area (Å²) < 4.78 is 15.1. The monoisotopic (exact) mass is 296 g/mol. The molecule has 1 aromatic heterocycles. The molecule has 21 heavy (non-hydrogen) atoms. The second-order valence-corrected chi connectivity index (χ2v) is 4.80. The molecule has 1 saturated heterocycles. The third-order valence-corrected chi connectivity index (χ3v) is 3.32. The zero-order chi connectivity index (χ0) is 15.2. The Morgan fingerprint density at radius 1 is 1.38 bits per heavy atom. The minimum Gasteiger partial charge on any atom is -0.463 e. The van der Waals surface area contributed by atoms with Crippen LogP contribution in [0.4, 0.5) is 0 Å². The molecule has 0 radical (unpaired) electrons. The average Bonchev–Trinajstić information content (AvgIpc) is 3.01. The fourth-order valence-electron chi connectivity index (χ4n) is 2.08. The van der Waals surface area contributed by atoms with Gasteiger partial charge in [0.15, 0.2) is 0 Å². The van der Waals surface area contributed by atoms with Crippen molar-refractivity contribution in [3.63, 3.8) is 0 Å². The zero-order valence-electron chi connectivity index (χ0n) is 12.3. The highest BCUT2D eigenvalue weighted by molar-refractivity contribution is 5.86. The van der Waals surface area contributed by atoms with E-state index in [4.69, 9.17) is 9.15 Å². The molecule has 2 rings (SSSR count). The normalized spacial score (nSPS) is 16.6. The van der Waals surface area contributed by atoms with Crippen LogP contribution in [0.3, 0.4) is 0 Å². The van der Waals surface area contributed by atoms with Crippen LogP contribution in [0, 0.1) is 0 Å². The van der Waals surface area contributed by atoms with Gasteiger partial charge in [-0.2, -0.15) is 0 Å². The van der Waals surface area contributed by atoms with E-state index in [9.17, 15) is 9.59 Å². The highest BCUT2D eigenvalue weighted by Crippen LogP contribution is 2.09. The number of hydrogen-bond donors (Lipinski definition) is 1. The number of amides is 1. The maximum atomic E-state index is 12.2. The second kappa shape index (κ2) is 7.24. The fraction of sp³-hybridized carbons (Fsp3) is 0.571. The molecule has 7 nitrogen and oxygen atoms in total. The Labute approximate surface area is 123 Å². The number of morpholine rings is 1. The Bertz CT molecular complexity index is 493. The number of methoxy groups -OCH3 is 1. The standard InChI is InChI=1S/C14H20N2O5/c1-10(13(17)16-5-7-20-8-6-16)15-9-11-3-4-12(21-11)14(18)19-2/h3-4,10,15H,5-9H2,1-2H3. The minimum absolute atomic E-state index is 0.0399. The molecule has 116 valence electrons. The van der Waals surface area contributed by atoms with E-state index < -0.39 is 5.97 Å². The lowest BCUT2D eigenvalue weighted by atomic mass is 10.2. The SMILES string of the molecule is COC(=O)c1ccc(CNC(C)C(=O)N2CCOCC2)o1. The van der Waals surface area contributed by atoms with E-state index in [1.807, 2.05) is 6.92 Å². The predicted molar refractivity (Wildman–Crippen MR) is 73.7 cm³/mol. The highest BCUT2D eigenvalue weighted by atomic mass is 16.5. The Balaban J connectivity index is 1.82. The van der Waals surface area contributed by atoms with Gasteiger partial charge in [0.05, 0.1) is 32.9 Å². The highest BCUT2D eigenvalue weighted by Gasteiger charge is 2.22. The summed E-state index contributed by atoms with van der Waals surface area (Å²) in [5.74, 6) is 0.259. The van der Waals surface area contributed by atoms with Crippen molar-refractivity contribution in [3.05, 3.63) is 23.7 Å². The van der Waals surface area contributed by atoms with Crippen LogP contribution < -0.4 is 5.32 Å². The van der Waals surface area contributed by atoms with Crippen molar-refractivity contribution >= 4 is 11.9 Å². The molecule has 1 unspecified atom stereocenters. The maximum absolute atomic E-state index is 12.2. The van der Waals surface area contributed by atoms with Crippen LogP contribution in [0.2, 0.25) is 0 Å². The van der Waals surface area contributed by atoms with Crippen molar-refractivity contribution in [2.24, 2.45) is 0 Å². The zero-order valence-corrected chi connectivity index (χ0v) is 12.3. The number of nitrogens with one attached hydrogen (secondary N) is 1. The van der Waals surface area contributed by atoms with Crippen molar-refractivity contribution in [1.82, 2.24) is 10.2 Å². The van der Waals surface area contributed by atoms with Crippen LogP contribution in [-0.2, 0) is 20.8 Å². The summed E-state index contributed by atoms with van der Waals surface area (Å²) >= 11 is 0. The Hall–Kier alpha value is -1.86. The first-order valence-electron chi connectivity index (χ1n) is 6.88. The molecule has 1 fully saturated rings. The molecule has 1 aromatic rings. The van der Waals surface area contributed by atoms with Gasteiger partial charge in [-0.05, 0) is 19.1 Å². The molecule has 1 aliphatic rings. The van der Waals surface area contributed by atoms with E-state index in [1.54, 1.807) is 17.0 Å². The third-order valence-electron chi connectivity index (χ3n) is 3.32. The Morgan fingerprint density at radius 2 is 2.10 bits per heavy atom. The molecule has 1 aliphatic heterocycles. The largest absolute Gasteiger partial charge is 0.463 e. The van der Waals surface area contributed by atoms with Gasteiger partial charge in [-0.15, -0.1) is 0 Å². The molecule has 1 N–H and O–H groups in total. The van der Waals surface area contributed by atoms with Crippen molar-refractivity contribution in [2.75, 3.05) is 33.4 Å². The third kappa shape index (κ3) is 4.05. The number of esters is 1. The molecule has 2 heterocycles. The molecule has 7 heteroatoms. The Morgan fingerprint density at radius 3 is 2.76 bits per heavy atom. The van der Waals surface area contributed by atoms with E-state index in [1.165, 1.54) is 7.11 Å². The second-order valence-electron chi connectivity index (χ2n) is 4.80. The number of nitrogens with zero attached hydrogens (tertiary/aromatic N) is 1. The fourth-order valence-corrected chi connectivity index (χ4v) is 2.08. The van der Waals surface area contributed by atoms with E-state index in [0.29, 0.717) is 38.6 Å². The average molecular weight is 296 g/mol. The maximum Gasteiger partial charge on any atom is 0.373 e. The van der Waals surface area contributed by atoms with Gasteiger partial charge in [0.25, 0.3) is 0 Å². The minimum atomic E-state index is -0.515. The van der Waals surface area contributed by atoms with Gasteiger partial charge in [-0.25, -0.2) is 4.79 Å². The van der Waals surface area contributed by atoms with Crippen molar-refractivity contribution < 1.29 is 23.5 Å². The van der Waals surface area contributed by atoms with Crippen molar-refractivity contribution in [2.45, 2.75) is 19.5 Å². The molecular formula is C14H20N2O5. The lowest BCUT2D eigenvalue weighted by Gasteiger charge is -2.29. The number of furan rings is 1. The summed E-state index contributed by atoms with van der Waals surface area (Å²) in [6, 6.07) is 2.91.